The van der Waals surface area contributed by atoms with Gasteiger partial charge in [-0.2, -0.15) is 0 Å². The van der Waals surface area contributed by atoms with E-state index in [1.165, 1.54) is 0 Å². The summed E-state index contributed by atoms with van der Waals surface area (Å²) in [6.45, 7) is 5.03. The first-order valence-electron chi connectivity index (χ1n) is 5.61. The van der Waals surface area contributed by atoms with E-state index in [0.717, 1.165) is 28.8 Å². The standard InChI is InChI=1S/C13H16BrNO/c1-3-8-13(2)9-16-12(15-13)10-4-6-11(14)7-5-10/h4-7H,3,8-9H2,1-2H3. The second-order valence-corrected chi connectivity index (χ2v) is 5.38. The van der Waals surface area contributed by atoms with Crippen LogP contribution in [0.15, 0.2) is 33.7 Å². The predicted octanol–water partition coefficient (Wildman–Crippen LogP) is 3.78. The number of ether oxygens (including phenoxy) is 1. The molecule has 1 aromatic carbocycles. The van der Waals surface area contributed by atoms with Crippen LogP contribution in [0.5, 0.6) is 0 Å². The highest BCUT2D eigenvalue weighted by atomic mass is 79.9. The molecule has 0 amide bonds. The molecule has 2 rings (SSSR count). The summed E-state index contributed by atoms with van der Waals surface area (Å²) in [5, 5.41) is 0. The lowest BCUT2D eigenvalue weighted by molar-refractivity contribution is 0.257. The topological polar surface area (TPSA) is 21.6 Å². The van der Waals surface area contributed by atoms with E-state index in [4.69, 9.17) is 4.74 Å². The Morgan fingerprint density at radius 3 is 2.69 bits per heavy atom. The van der Waals surface area contributed by atoms with Crippen molar-refractivity contribution in [1.82, 2.24) is 0 Å². The van der Waals surface area contributed by atoms with E-state index in [1.807, 2.05) is 24.3 Å². The molecule has 0 saturated carbocycles. The number of rotatable bonds is 3. The molecular formula is C13H16BrNO. The van der Waals surface area contributed by atoms with Crippen LogP contribution in [0.3, 0.4) is 0 Å². The third kappa shape index (κ3) is 2.46. The third-order valence-electron chi connectivity index (χ3n) is 2.77. The molecule has 86 valence electrons. The van der Waals surface area contributed by atoms with E-state index in [2.05, 4.69) is 34.8 Å². The van der Waals surface area contributed by atoms with Gasteiger partial charge in [-0.05, 0) is 37.6 Å². The van der Waals surface area contributed by atoms with Crippen LogP contribution in [0.2, 0.25) is 0 Å². The molecule has 1 unspecified atom stereocenters. The van der Waals surface area contributed by atoms with E-state index in [9.17, 15) is 0 Å². The minimum absolute atomic E-state index is 0.0306. The van der Waals surface area contributed by atoms with E-state index in [1.54, 1.807) is 0 Å². The zero-order valence-corrected chi connectivity index (χ0v) is 11.3. The Morgan fingerprint density at radius 1 is 1.38 bits per heavy atom. The van der Waals surface area contributed by atoms with Crippen molar-refractivity contribution in [2.24, 2.45) is 4.99 Å². The molecule has 3 heteroatoms. The van der Waals surface area contributed by atoms with Gasteiger partial charge in [0.2, 0.25) is 5.90 Å². The van der Waals surface area contributed by atoms with Gasteiger partial charge in [0, 0.05) is 10.0 Å². The van der Waals surface area contributed by atoms with Gasteiger partial charge in [-0.15, -0.1) is 0 Å². The Kier molecular flexibility index (Phi) is 3.33. The van der Waals surface area contributed by atoms with Crippen molar-refractivity contribution in [3.63, 3.8) is 0 Å². The number of hydrogen-bond donors (Lipinski definition) is 0. The van der Waals surface area contributed by atoms with Gasteiger partial charge in [0.25, 0.3) is 0 Å². The molecule has 1 aliphatic heterocycles. The van der Waals surface area contributed by atoms with Crippen molar-refractivity contribution in [2.45, 2.75) is 32.2 Å². The zero-order valence-electron chi connectivity index (χ0n) is 9.66. The van der Waals surface area contributed by atoms with Crippen molar-refractivity contribution < 1.29 is 4.74 Å². The Bertz CT molecular complexity index is 399. The van der Waals surface area contributed by atoms with Crippen molar-refractivity contribution in [1.29, 1.82) is 0 Å². The van der Waals surface area contributed by atoms with Crippen LogP contribution in [-0.2, 0) is 4.74 Å². The zero-order chi connectivity index (χ0) is 11.6. The Balaban J connectivity index is 2.20. The molecule has 0 aromatic heterocycles. The SMILES string of the molecule is CCCC1(C)COC(c2ccc(Br)cc2)=N1. The average molecular weight is 282 g/mol. The maximum atomic E-state index is 5.68. The monoisotopic (exact) mass is 281 g/mol. The third-order valence-corrected chi connectivity index (χ3v) is 3.30. The van der Waals surface area contributed by atoms with Crippen molar-refractivity contribution in [3.05, 3.63) is 34.3 Å². The van der Waals surface area contributed by atoms with Gasteiger partial charge in [0.1, 0.15) is 6.61 Å². The predicted molar refractivity (Wildman–Crippen MR) is 69.9 cm³/mol. The molecule has 0 bridgehead atoms. The Morgan fingerprint density at radius 2 is 2.06 bits per heavy atom. The molecule has 0 aliphatic carbocycles. The lowest BCUT2D eigenvalue weighted by Crippen LogP contribution is -2.22. The summed E-state index contributed by atoms with van der Waals surface area (Å²) in [5.41, 5.74) is 1.03. The quantitative estimate of drug-likeness (QED) is 0.826. The van der Waals surface area contributed by atoms with Crippen LogP contribution in [0.4, 0.5) is 0 Å². The lowest BCUT2D eigenvalue weighted by Gasteiger charge is -2.15. The van der Waals surface area contributed by atoms with Gasteiger partial charge in [0.05, 0.1) is 5.54 Å². The molecular weight excluding hydrogens is 266 g/mol. The van der Waals surface area contributed by atoms with Crippen molar-refractivity contribution in [2.75, 3.05) is 6.61 Å². The Labute approximate surface area is 105 Å². The van der Waals surface area contributed by atoms with Crippen LogP contribution < -0.4 is 0 Å². The summed E-state index contributed by atoms with van der Waals surface area (Å²) in [5.74, 6) is 0.781. The maximum absolute atomic E-state index is 5.68. The highest BCUT2D eigenvalue weighted by Gasteiger charge is 2.31. The number of benzene rings is 1. The summed E-state index contributed by atoms with van der Waals surface area (Å²) in [6.07, 6.45) is 2.21. The lowest BCUT2D eigenvalue weighted by atomic mass is 9.99. The second-order valence-electron chi connectivity index (χ2n) is 4.46. The smallest absolute Gasteiger partial charge is 0.216 e. The van der Waals surface area contributed by atoms with Crippen molar-refractivity contribution in [3.8, 4) is 0 Å². The van der Waals surface area contributed by atoms with Crippen LogP contribution in [0.25, 0.3) is 0 Å². The Hall–Kier alpha value is -0.830. The number of hydrogen-bond acceptors (Lipinski definition) is 2. The fourth-order valence-electron chi connectivity index (χ4n) is 1.94. The molecule has 1 atom stereocenters. The summed E-state index contributed by atoms with van der Waals surface area (Å²) in [7, 11) is 0. The molecule has 1 aliphatic rings. The minimum Gasteiger partial charge on any atom is -0.475 e. The van der Waals surface area contributed by atoms with E-state index < -0.39 is 0 Å². The number of nitrogens with zero attached hydrogens (tertiary/aromatic N) is 1. The largest absolute Gasteiger partial charge is 0.475 e. The van der Waals surface area contributed by atoms with Gasteiger partial charge in [-0.25, -0.2) is 4.99 Å². The average Bonchev–Trinajstić information content (AvgIpc) is 2.62. The molecule has 0 saturated heterocycles. The van der Waals surface area contributed by atoms with Gasteiger partial charge in [-0.1, -0.05) is 29.3 Å². The van der Waals surface area contributed by atoms with Gasteiger partial charge < -0.3 is 4.74 Å². The highest BCUT2D eigenvalue weighted by Crippen LogP contribution is 2.26. The first-order valence-corrected chi connectivity index (χ1v) is 6.41. The summed E-state index contributed by atoms with van der Waals surface area (Å²) < 4.78 is 6.76. The molecule has 0 radical (unpaired) electrons. The van der Waals surface area contributed by atoms with E-state index >= 15 is 0 Å². The fourth-order valence-corrected chi connectivity index (χ4v) is 2.20. The molecule has 0 N–H and O–H groups in total. The van der Waals surface area contributed by atoms with E-state index in [-0.39, 0.29) is 5.54 Å². The molecule has 0 spiro atoms. The highest BCUT2D eigenvalue weighted by molar-refractivity contribution is 9.10. The molecule has 16 heavy (non-hydrogen) atoms. The second kappa shape index (κ2) is 4.58. The molecule has 1 aromatic rings. The summed E-state index contributed by atoms with van der Waals surface area (Å²) in [4.78, 5) is 4.69. The minimum atomic E-state index is -0.0306. The van der Waals surface area contributed by atoms with Gasteiger partial charge in [0.15, 0.2) is 0 Å². The maximum Gasteiger partial charge on any atom is 0.216 e. The molecule has 1 heterocycles. The van der Waals surface area contributed by atoms with Crippen LogP contribution in [0, 0.1) is 0 Å². The molecule has 2 nitrogen and oxygen atoms in total. The van der Waals surface area contributed by atoms with Crippen LogP contribution >= 0.6 is 15.9 Å². The van der Waals surface area contributed by atoms with Crippen molar-refractivity contribution >= 4 is 21.8 Å². The normalized spacial score (nSPS) is 24.1. The van der Waals surface area contributed by atoms with Crippen LogP contribution in [0.1, 0.15) is 32.3 Å². The number of aliphatic imine (C=N–C) groups is 1. The number of halogens is 1. The molecule has 0 fully saturated rings. The fraction of sp³-hybridized carbons (Fsp3) is 0.462. The van der Waals surface area contributed by atoms with Gasteiger partial charge >= 0.3 is 0 Å². The van der Waals surface area contributed by atoms with E-state index in [0.29, 0.717) is 6.61 Å². The van der Waals surface area contributed by atoms with Gasteiger partial charge in [-0.3, -0.25) is 0 Å². The van der Waals surface area contributed by atoms with Crippen LogP contribution in [-0.4, -0.2) is 18.0 Å². The first-order chi connectivity index (χ1) is 7.63. The first kappa shape index (κ1) is 11.6. The summed E-state index contributed by atoms with van der Waals surface area (Å²) in [6, 6.07) is 8.08. The summed E-state index contributed by atoms with van der Waals surface area (Å²) >= 11 is 3.42.